The van der Waals surface area contributed by atoms with Crippen LogP contribution in [0.1, 0.15) is 26.4 Å². The first-order chi connectivity index (χ1) is 7.99. The molecular formula is C13H11Br2FS. The van der Waals surface area contributed by atoms with E-state index < -0.39 is 0 Å². The number of benzene rings is 1. The van der Waals surface area contributed by atoms with Crippen LogP contribution in [0.5, 0.6) is 0 Å². The van der Waals surface area contributed by atoms with Crippen molar-refractivity contribution < 1.29 is 4.39 Å². The van der Waals surface area contributed by atoms with Crippen LogP contribution in [0.15, 0.2) is 28.1 Å². The van der Waals surface area contributed by atoms with Crippen molar-refractivity contribution >= 4 is 43.2 Å². The Bertz CT molecular complexity index is 548. The monoisotopic (exact) mass is 376 g/mol. The van der Waals surface area contributed by atoms with Crippen LogP contribution in [-0.4, -0.2) is 0 Å². The van der Waals surface area contributed by atoms with Gasteiger partial charge in [0.1, 0.15) is 5.82 Å². The summed E-state index contributed by atoms with van der Waals surface area (Å²) in [5.41, 5.74) is 2.81. The Morgan fingerprint density at radius 1 is 1.24 bits per heavy atom. The van der Waals surface area contributed by atoms with E-state index >= 15 is 0 Å². The maximum atomic E-state index is 13.5. The predicted molar refractivity (Wildman–Crippen MR) is 78.7 cm³/mol. The van der Waals surface area contributed by atoms with Crippen molar-refractivity contribution in [2.24, 2.45) is 0 Å². The minimum absolute atomic E-state index is 0.0418. The van der Waals surface area contributed by atoms with E-state index in [4.69, 9.17) is 0 Å². The third-order valence-corrected chi connectivity index (χ3v) is 5.28. The molecule has 0 spiro atoms. The molecule has 1 heterocycles. The van der Waals surface area contributed by atoms with Gasteiger partial charge in [-0.3, -0.25) is 0 Å². The molecule has 1 atom stereocenters. The molecule has 1 aromatic carbocycles. The van der Waals surface area contributed by atoms with Crippen LogP contribution in [0.2, 0.25) is 0 Å². The van der Waals surface area contributed by atoms with Crippen LogP contribution in [-0.2, 0) is 0 Å². The molecule has 17 heavy (non-hydrogen) atoms. The topological polar surface area (TPSA) is 0 Å². The maximum absolute atomic E-state index is 13.5. The van der Waals surface area contributed by atoms with E-state index in [1.807, 2.05) is 12.1 Å². The van der Waals surface area contributed by atoms with Crippen LogP contribution in [0.4, 0.5) is 4.39 Å². The SMILES string of the molecule is Cc1ccc(C(Br)c2cc(Br)sc2C)cc1F. The molecule has 0 radical (unpaired) electrons. The quantitative estimate of drug-likeness (QED) is 0.584. The van der Waals surface area contributed by atoms with Crippen LogP contribution in [0.3, 0.4) is 0 Å². The molecule has 0 nitrogen and oxygen atoms in total. The predicted octanol–water partition coefficient (Wildman–Crippen LogP) is 5.75. The molecule has 90 valence electrons. The molecule has 0 fully saturated rings. The summed E-state index contributed by atoms with van der Waals surface area (Å²) >= 11 is 8.80. The number of aryl methyl sites for hydroxylation is 2. The fraction of sp³-hybridized carbons (Fsp3) is 0.231. The molecule has 0 aliphatic carbocycles. The first-order valence-corrected chi connectivity index (χ1v) is 7.67. The largest absolute Gasteiger partial charge is 0.207 e. The smallest absolute Gasteiger partial charge is 0.126 e. The minimum Gasteiger partial charge on any atom is -0.207 e. The van der Waals surface area contributed by atoms with E-state index in [0.717, 1.165) is 9.35 Å². The van der Waals surface area contributed by atoms with E-state index in [0.29, 0.717) is 5.56 Å². The van der Waals surface area contributed by atoms with Gasteiger partial charge in [0.2, 0.25) is 0 Å². The standard InChI is InChI=1S/C13H11Br2FS/c1-7-3-4-9(5-11(7)16)13(15)10-6-12(14)17-8(10)2/h3-6,13H,1-2H3. The van der Waals surface area contributed by atoms with Crippen molar-refractivity contribution in [2.45, 2.75) is 18.7 Å². The summed E-state index contributed by atoms with van der Waals surface area (Å²) in [6, 6.07) is 7.45. The average Bonchev–Trinajstić information content (AvgIpc) is 2.61. The number of hydrogen-bond donors (Lipinski definition) is 0. The summed E-state index contributed by atoms with van der Waals surface area (Å²) < 4.78 is 14.6. The van der Waals surface area contributed by atoms with Gasteiger partial charge < -0.3 is 0 Å². The summed E-state index contributed by atoms with van der Waals surface area (Å²) in [6.07, 6.45) is 0. The van der Waals surface area contributed by atoms with Crippen molar-refractivity contribution in [1.29, 1.82) is 0 Å². The highest BCUT2D eigenvalue weighted by Gasteiger charge is 2.16. The Balaban J connectivity index is 2.40. The lowest BCUT2D eigenvalue weighted by Crippen LogP contribution is -1.94. The summed E-state index contributed by atoms with van der Waals surface area (Å²) in [7, 11) is 0. The summed E-state index contributed by atoms with van der Waals surface area (Å²) in [6.45, 7) is 3.85. The molecule has 0 amide bonds. The summed E-state index contributed by atoms with van der Waals surface area (Å²) in [5.74, 6) is -0.154. The molecular weight excluding hydrogens is 367 g/mol. The molecule has 0 N–H and O–H groups in total. The van der Waals surface area contributed by atoms with Gasteiger partial charge in [0.05, 0.1) is 8.61 Å². The zero-order chi connectivity index (χ0) is 12.6. The number of thiophene rings is 1. The molecule has 2 aromatic rings. The third-order valence-electron chi connectivity index (χ3n) is 2.69. The van der Waals surface area contributed by atoms with Crippen LogP contribution in [0, 0.1) is 19.7 Å². The van der Waals surface area contributed by atoms with Crippen molar-refractivity contribution in [1.82, 2.24) is 0 Å². The van der Waals surface area contributed by atoms with Crippen LogP contribution in [0.25, 0.3) is 0 Å². The minimum atomic E-state index is -0.154. The van der Waals surface area contributed by atoms with Gasteiger partial charge in [-0.05, 0) is 58.6 Å². The average molecular weight is 378 g/mol. The number of hydrogen-bond acceptors (Lipinski definition) is 1. The van der Waals surface area contributed by atoms with Crippen LogP contribution >= 0.6 is 43.2 Å². The first kappa shape index (κ1) is 13.2. The zero-order valence-electron chi connectivity index (χ0n) is 9.43. The molecule has 0 aliphatic rings. The Morgan fingerprint density at radius 3 is 2.47 bits per heavy atom. The van der Waals surface area contributed by atoms with Gasteiger partial charge in [-0.1, -0.05) is 28.1 Å². The Hall–Kier alpha value is -0.190. The Morgan fingerprint density at radius 2 is 1.94 bits per heavy atom. The van der Waals surface area contributed by atoms with E-state index in [2.05, 4.69) is 44.8 Å². The van der Waals surface area contributed by atoms with Crippen molar-refractivity contribution in [3.8, 4) is 0 Å². The van der Waals surface area contributed by atoms with Gasteiger partial charge in [-0.25, -0.2) is 4.39 Å². The molecule has 1 unspecified atom stereocenters. The van der Waals surface area contributed by atoms with E-state index in [1.165, 1.54) is 10.4 Å². The highest BCUT2D eigenvalue weighted by molar-refractivity contribution is 9.11. The number of rotatable bonds is 2. The lowest BCUT2D eigenvalue weighted by Gasteiger charge is -2.11. The summed E-state index contributed by atoms with van der Waals surface area (Å²) in [5, 5.41) is 0. The second kappa shape index (κ2) is 5.21. The number of alkyl halides is 1. The van der Waals surface area contributed by atoms with Gasteiger partial charge in [0.25, 0.3) is 0 Å². The summed E-state index contributed by atoms with van der Waals surface area (Å²) in [4.78, 5) is 1.28. The van der Waals surface area contributed by atoms with Crippen molar-refractivity contribution in [2.75, 3.05) is 0 Å². The second-order valence-electron chi connectivity index (χ2n) is 3.93. The van der Waals surface area contributed by atoms with E-state index in [9.17, 15) is 4.39 Å². The fourth-order valence-corrected chi connectivity index (χ4v) is 4.32. The lowest BCUT2D eigenvalue weighted by atomic mass is 10.0. The molecule has 0 aliphatic heterocycles. The third kappa shape index (κ3) is 2.80. The van der Waals surface area contributed by atoms with Gasteiger partial charge in [-0.2, -0.15) is 0 Å². The Kier molecular flexibility index (Phi) is 4.06. The molecule has 0 saturated heterocycles. The van der Waals surface area contributed by atoms with Gasteiger partial charge in [0, 0.05) is 4.88 Å². The molecule has 0 saturated carbocycles. The Labute approximate surface area is 121 Å². The molecule has 4 heteroatoms. The van der Waals surface area contributed by atoms with Gasteiger partial charge in [-0.15, -0.1) is 11.3 Å². The van der Waals surface area contributed by atoms with Crippen LogP contribution < -0.4 is 0 Å². The lowest BCUT2D eigenvalue weighted by molar-refractivity contribution is 0.616. The van der Waals surface area contributed by atoms with Crippen molar-refractivity contribution in [3.63, 3.8) is 0 Å². The first-order valence-electron chi connectivity index (χ1n) is 5.15. The zero-order valence-corrected chi connectivity index (χ0v) is 13.4. The highest BCUT2D eigenvalue weighted by atomic mass is 79.9. The van der Waals surface area contributed by atoms with Gasteiger partial charge in [0.15, 0.2) is 0 Å². The fourth-order valence-electron chi connectivity index (χ4n) is 1.66. The molecule has 1 aromatic heterocycles. The maximum Gasteiger partial charge on any atom is 0.126 e. The molecule has 0 bridgehead atoms. The number of halogens is 3. The second-order valence-corrected chi connectivity index (χ2v) is 7.48. The van der Waals surface area contributed by atoms with Gasteiger partial charge >= 0.3 is 0 Å². The van der Waals surface area contributed by atoms with E-state index in [-0.39, 0.29) is 10.6 Å². The highest BCUT2D eigenvalue weighted by Crippen LogP contribution is 2.38. The van der Waals surface area contributed by atoms with Crippen molar-refractivity contribution in [3.05, 3.63) is 55.4 Å². The molecule has 2 rings (SSSR count). The van der Waals surface area contributed by atoms with E-state index in [1.54, 1.807) is 24.3 Å². The normalized spacial score (nSPS) is 12.8.